The number of alkyl halides is 4. The first-order valence-electron chi connectivity index (χ1n) is 5.33. The lowest BCUT2D eigenvalue weighted by molar-refractivity contribution is -0.206. The van der Waals surface area contributed by atoms with Crippen molar-refractivity contribution in [1.82, 2.24) is 0 Å². The average Bonchev–Trinajstić information content (AvgIpc) is 2.76. The minimum atomic E-state index is -5.60. The molecular weight excluding hydrogens is 264 g/mol. The molecule has 3 unspecified atom stereocenters. The van der Waals surface area contributed by atoms with Crippen LogP contribution in [0.15, 0.2) is 0 Å². The Morgan fingerprint density at radius 1 is 0.941 bits per heavy atom. The third-order valence-corrected chi connectivity index (χ3v) is 4.90. The molecule has 17 heavy (non-hydrogen) atoms. The first-order chi connectivity index (χ1) is 7.57. The fraction of sp³-hybridized carbons (Fsp3) is 1.00. The van der Waals surface area contributed by atoms with Crippen LogP contribution in [0.25, 0.3) is 0 Å². The van der Waals surface area contributed by atoms with Gasteiger partial charge in [0.15, 0.2) is 10.9 Å². The second-order valence-electron chi connectivity index (χ2n) is 4.94. The van der Waals surface area contributed by atoms with Crippen LogP contribution in [0.2, 0.25) is 0 Å². The maximum Gasteiger partial charge on any atom is 0.403 e. The minimum Gasteiger partial charge on any atom is -0.304 e. The molecule has 0 amide bonds. The molecule has 102 valence electrons. The van der Waals surface area contributed by atoms with E-state index in [9.17, 15) is 17.6 Å². The van der Waals surface area contributed by atoms with E-state index in [1.807, 2.05) is 0 Å². The molecule has 2 aliphatic carbocycles. The van der Waals surface area contributed by atoms with E-state index in [1.165, 1.54) is 0 Å². The van der Waals surface area contributed by atoms with Gasteiger partial charge in [0.1, 0.15) is 0 Å². The summed E-state index contributed by atoms with van der Waals surface area (Å²) >= 11 is 0. The van der Waals surface area contributed by atoms with Crippen LogP contribution in [-0.2, 0) is 0 Å². The Morgan fingerprint density at radius 2 is 1.53 bits per heavy atom. The zero-order chi connectivity index (χ0) is 13.1. The topological polar surface area (TPSA) is 60.7 Å². The molecule has 2 rings (SSSR count). The standard InChI is InChI=1S/C9H14F4O3S/c10-8(11,9(12,13)17(14,15)16)7-4-5-1-2-6(7)3-5/h5-7,14-16H,1-4H2. The van der Waals surface area contributed by atoms with Gasteiger partial charge in [-0.3, -0.25) is 0 Å². The molecule has 2 bridgehead atoms. The second-order valence-corrected chi connectivity index (χ2v) is 6.49. The molecule has 2 aliphatic rings. The summed E-state index contributed by atoms with van der Waals surface area (Å²) < 4.78 is 79.2. The molecule has 0 spiro atoms. The van der Waals surface area contributed by atoms with Gasteiger partial charge in [-0.05, 0) is 31.1 Å². The van der Waals surface area contributed by atoms with Gasteiger partial charge in [-0.25, -0.2) is 0 Å². The Balaban J connectivity index is 2.24. The summed E-state index contributed by atoms with van der Waals surface area (Å²) in [5.74, 6) is -6.65. The van der Waals surface area contributed by atoms with Crippen molar-refractivity contribution in [2.24, 2.45) is 17.8 Å². The van der Waals surface area contributed by atoms with Gasteiger partial charge >= 0.3 is 11.2 Å². The Kier molecular flexibility index (Phi) is 2.93. The molecule has 3 atom stereocenters. The second kappa shape index (κ2) is 3.72. The average molecular weight is 278 g/mol. The van der Waals surface area contributed by atoms with Crippen LogP contribution in [0.3, 0.4) is 0 Å². The van der Waals surface area contributed by atoms with Gasteiger partial charge in [0.2, 0.25) is 0 Å². The minimum absolute atomic E-state index is 0.0205. The van der Waals surface area contributed by atoms with Gasteiger partial charge < -0.3 is 13.7 Å². The normalized spacial score (nSPS) is 35.4. The van der Waals surface area contributed by atoms with Crippen LogP contribution in [0.5, 0.6) is 0 Å². The lowest BCUT2D eigenvalue weighted by Crippen LogP contribution is -2.50. The van der Waals surface area contributed by atoms with Crippen molar-refractivity contribution < 1.29 is 31.2 Å². The van der Waals surface area contributed by atoms with Crippen LogP contribution in [0.1, 0.15) is 25.7 Å². The monoisotopic (exact) mass is 278 g/mol. The molecule has 3 nitrogen and oxygen atoms in total. The third-order valence-electron chi connectivity index (χ3n) is 3.94. The summed E-state index contributed by atoms with van der Waals surface area (Å²) in [6.07, 6.45) is 1.67. The largest absolute Gasteiger partial charge is 0.403 e. The molecule has 0 aromatic heterocycles. The highest BCUT2D eigenvalue weighted by atomic mass is 32.3. The van der Waals surface area contributed by atoms with E-state index in [4.69, 9.17) is 13.7 Å². The molecule has 8 heteroatoms. The summed E-state index contributed by atoms with van der Waals surface area (Å²) in [5.41, 5.74) is 0. The van der Waals surface area contributed by atoms with Gasteiger partial charge in [0, 0.05) is 5.92 Å². The maximum atomic E-state index is 13.7. The third kappa shape index (κ3) is 1.85. The smallest absolute Gasteiger partial charge is 0.304 e. The van der Waals surface area contributed by atoms with Crippen molar-refractivity contribution in [3.63, 3.8) is 0 Å². The lowest BCUT2D eigenvalue weighted by Gasteiger charge is -2.40. The van der Waals surface area contributed by atoms with Crippen molar-refractivity contribution in [2.45, 2.75) is 36.9 Å². The van der Waals surface area contributed by atoms with E-state index >= 15 is 0 Å². The molecule has 0 radical (unpaired) electrons. The number of halogens is 4. The Bertz CT molecular complexity index is 318. The summed E-state index contributed by atoms with van der Waals surface area (Å²) in [5, 5.41) is -5.19. The predicted octanol–water partition coefficient (Wildman–Crippen LogP) is 3.87. The fourth-order valence-electron chi connectivity index (χ4n) is 3.09. The summed E-state index contributed by atoms with van der Waals surface area (Å²) in [6, 6.07) is 0. The Labute approximate surface area is 97.4 Å². The van der Waals surface area contributed by atoms with Crippen molar-refractivity contribution in [1.29, 1.82) is 0 Å². The van der Waals surface area contributed by atoms with E-state index in [1.54, 1.807) is 0 Å². The number of hydrogen-bond donors (Lipinski definition) is 3. The van der Waals surface area contributed by atoms with Crippen LogP contribution < -0.4 is 0 Å². The summed E-state index contributed by atoms with van der Waals surface area (Å²) in [4.78, 5) is 0. The highest BCUT2D eigenvalue weighted by molar-refractivity contribution is 8.20. The number of rotatable bonds is 3. The fourth-order valence-corrected chi connectivity index (χ4v) is 3.60. The quantitative estimate of drug-likeness (QED) is 0.687. The van der Waals surface area contributed by atoms with Gasteiger partial charge in [0.05, 0.1) is 0 Å². The van der Waals surface area contributed by atoms with Gasteiger partial charge in [-0.2, -0.15) is 17.6 Å². The molecule has 3 N–H and O–H groups in total. The molecule has 0 saturated heterocycles. The highest BCUT2D eigenvalue weighted by Crippen LogP contribution is 2.65. The van der Waals surface area contributed by atoms with E-state index < -0.39 is 33.9 Å². The van der Waals surface area contributed by atoms with E-state index in [0.29, 0.717) is 12.8 Å². The first-order valence-corrected chi connectivity index (χ1v) is 6.83. The zero-order valence-electron chi connectivity index (χ0n) is 8.82. The van der Waals surface area contributed by atoms with Gasteiger partial charge in [-0.1, -0.05) is 6.42 Å². The molecule has 2 fully saturated rings. The molecular formula is C9H14F4O3S. The molecule has 0 heterocycles. The number of hydrogen-bond acceptors (Lipinski definition) is 3. The van der Waals surface area contributed by atoms with E-state index in [2.05, 4.69) is 0 Å². The molecule has 0 aromatic rings. The number of fused-ring (bicyclic) bond motifs is 2. The van der Waals surface area contributed by atoms with Crippen molar-refractivity contribution in [2.75, 3.05) is 0 Å². The predicted molar refractivity (Wildman–Crippen MR) is 54.3 cm³/mol. The van der Waals surface area contributed by atoms with Crippen LogP contribution in [-0.4, -0.2) is 24.8 Å². The van der Waals surface area contributed by atoms with Crippen molar-refractivity contribution in [3.8, 4) is 0 Å². The van der Waals surface area contributed by atoms with Crippen LogP contribution in [0.4, 0.5) is 17.6 Å². The zero-order valence-corrected chi connectivity index (χ0v) is 9.64. The molecule has 0 aromatic carbocycles. The summed E-state index contributed by atoms with van der Waals surface area (Å²) in [6.45, 7) is 0. The van der Waals surface area contributed by atoms with E-state index in [-0.39, 0.29) is 12.3 Å². The Hall–Kier alpha value is -0.0500. The van der Waals surface area contributed by atoms with Crippen LogP contribution in [0, 0.1) is 17.8 Å². The lowest BCUT2D eigenvalue weighted by atomic mass is 9.84. The molecule has 2 saturated carbocycles. The van der Waals surface area contributed by atoms with Crippen LogP contribution >= 0.6 is 10.9 Å². The maximum absolute atomic E-state index is 13.7. The highest BCUT2D eigenvalue weighted by Gasteiger charge is 2.71. The van der Waals surface area contributed by atoms with Crippen molar-refractivity contribution >= 4 is 10.9 Å². The van der Waals surface area contributed by atoms with E-state index in [0.717, 1.165) is 6.42 Å². The first kappa shape index (κ1) is 13.4. The van der Waals surface area contributed by atoms with Gasteiger partial charge in [-0.15, -0.1) is 0 Å². The summed E-state index contributed by atoms with van der Waals surface area (Å²) in [7, 11) is -5.60. The van der Waals surface area contributed by atoms with Gasteiger partial charge in [0.25, 0.3) is 0 Å². The molecule has 0 aliphatic heterocycles. The Morgan fingerprint density at radius 3 is 1.88 bits per heavy atom. The SMILES string of the molecule is OS(O)(O)C(F)(F)C(F)(F)C1CC2CCC1C2. The van der Waals surface area contributed by atoms with Crippen molar-refractivity contribution in [3.05, 3.63) is 0 Å².